The van der Waals surface area contributed by atoms with Crippen LogP contribution in [0.3, 0.4) is 0 Å². The molecule has 7 nitrogen and oxygen atoms in total. The third-order valence-electron chi connectivity index (χ3n) is 4.85. The largest absolute Gasteiger partial charge is 0.462 e. The molecule has 1 N–H and O–H groups in total. The standard InChI is InChI=1S/C20H12Br2F4N4O3/c1-3-33-19(32)7-6-30(17-12(18(7)31)13(23)14(24)15(25)16(17)26)28-20-27-10-4-8(21)9(22)5-11(10)29(20)2/h4-6H,3H2,1-2H3,(H,27,28). The zero-order valence-electron chi connectivity index (χ0n) is 16.8. The molecule has 33 heavy (non-hydrogen) atoms. The Kier molecular flexibility index (Phi) is 5.95. The maximum Gasteiger partial charge on any atom is 0.343 e. The zero-order valence-corrected chi connectivity index (χ0v) is 19.9. The number of aromatic nitrogens is 3. The van der Waals surface area contributed by atoms with Gasteiger partial charge in [-0.05, 0) is 50.9 Å². The molecule has 0 aliphatic rings. The second-order valence-corrected chi connectivity index (χ2v) is 8.51. The number of aryl methyl sites for hydroxylation is 1. The van der Waals surface area contributed by atoms with E-state index in [2.05, 4.69) is 42.3 Å². The van der Waals surface area contributed by atoms with Crippen molar-refractivity contribution in [1.29, 1.82) is 0 Å². The first-order valence-corrected chi connectivity index (χ1v) is 10.8. The first-order valence-electron chi connectivity index (χ1n) is 9.23. The number of pyridine rings is 1. The van der Waals surface area contributed by atoms with Crippen molar-refractivity contribution in [2.75, 3.05) is 12.0 Å². The number of ether oxygens (including phenoxy) is 1. The van der Waals surface area contributed by atoms with Crippen LogP contribution in [0.25, 0.3) is 21.9 Å². The van der Waals surface area contributed by atoms with Crippen LogP contribution in [0.4, 0.5) is 23.5 Å². The van der Waals surface area contributed by atoms with Gasteiger partial charge in [-0.2, -0.15) is 0 Å². The Morgan fingerprint density at radius 1 is 1.09 bits per heavy atom. The van der Waals surface area contributed by atoms with E-state index in [9.17, 15) is 27.2 Å². The number of halogens is 6. The fraction of sp³-hybridized carbons (Fsp3) is 0.150. The van der Waals surface area contributed by atoms with E-state index in [0.717, 1.165) is 6.20 Å². The quantitative estimate of drug-likeness (QED) is 0.156. The molecule has 2 aromatic carbocycles. The zero-order chi connectivity index (χ0) is 24.2. The number of fused-ring (bicyclic) bond motifs is 2. The molecule has 172 valence electrons. The summed E-state index contributed by atoms with van der Waals surface area (Å²) < 4.78 is 65.7. The number of hydrogen-bond acceptors (Lipinski definition) is 5. The molecular weight excluding hydrogens is 580 g/mol. The Balaban J connectivity index is 2.04. The van der Waals surface area contributed by atoms with Crippen molar-refractivity contribution in [2.45, 2.75) is 6.92 Å². The summed E-state index contributed by atoms with van der Waals surface area (Å²) >= 11 is 6.72. The minimum Gasteiger partial charge on any atom is -0.462 e. The van der Waals surface area contributed by atoms with Crippen molar-refractivity contribution in [3.05, 3.63) is 66.3 Å². The van der Waals surface area contributed by atoms with Gasteiger partial charge in [-0.25, -0.2) is 27.3 Å². The van der Waals surface area contributed by atoms with Crippen LogP contribution in [0.5, 0.6) is 0 Å². The summed E-state index contributed by atoms with van der Waals surface area (Å²) in [7, 11) is 1.60. The van der Waals surface area contributed by atoms with Gasteiger partial charge in [0.2, 0.25) is 11.4 Å². The van der Waals surface area contributed by atoms with Gasteiger partial charge in [0.05, 0.1) is 23.0 Å². The lowest BCUT2D eigenvalue weighted by Gasteiger charge is -2.16. The average molecular weight is 592 g/mol. The summed E-state index contributed by atoms with van der Waals surface area (Å²) in [5.41, 5.74) is 0.717. The van der Waals surface area contributed by atoms with Crippen molar-refractivity contribution in [3.63, 3.8) is 0 Å². The number of imidazole rings is 1. The number of carbonyl (C=O) groups is 1. The number of anilines is 1. The monoisotopic (exact) mass is 590 g/mol. The maximum atomic E-state index is 14.7. The second kappa shape index (κ2) is 8.45. The number of benzene rings is 2. The molecule has 0 aliphatic carbocycles. The molecule has 0 atom stereocenters. The lowest BCUT2D eigenvalue weighted by Crippen LogP contribution is -2.26. The highest BCUT2D eigenvalue weighted by molar-refractivity contribution is 9.13. The van der Waals surface area contributed by atoms with E-state index in [0.29, 0.717) is 24.7 Å². The van der Waals surface area contributed by atoms with E-state index in [4.69, 9.17) is 4.74 Å². The third-order valence-corrected chi connectivity index (χ3v) is 6.70. The van der Waals surface area contributed by atoms with E-state index in [1.165, 1.54) is 11.5 Å². The highest BCUT2D eigenvalue weighted by Crippen LogP contribution is 2.30. The first kappa shape index (κ1) is 23.2. The van der Waals surface area contributed by atoms with Crippen LogP contribution in [-0.4, -0.2) is 26.8 Å². The molecule has 0 saturated carbocycles. The molecule has 0 bridgehead atoms. The SMILES string of the molecule is CCOC(=O)c1cn(Nc2nc3cc(Br)c(Br)cc3n2C)c2c(F)c(F)c(F)c(F)c2c1=O. The van der Waals surface area contributed by atoms with Gasteiger partial charge >= 0.3 is 5.97 Å². The molecule has 0 spiro atoms. The van der Waals surface area contributed by atoms with Gasteiger partial charge in [-0.3, -0.25) is 14.9 Å². The smallest absolute Gasteiger partial charge is 0.343 e. The number of hydrogen-bond donors (Lipinski definition) is 1. The van der Waals surface area contributed by atoms with Gasteiger partial charge in [0.1, 0.15) is 11.1 Å². The molecule has 0 radical (unpaired) electrons. The van der Waals surface area contributed by atoms with E-state index in [1.807, 2.05) is 0 Å². The van der Waals surface area contributed by atoms with Crippen LogP contribution in [-0.2, 0) is 11.8 Å². The summed E-state index contributed by atoms with van der Waals surface area (Å²) in [4.78, 5) is 29.3. The Bertz CT molecular complexity index is 1530. The number of rotatable bonds is 4. The molecule has 0 saturated heterocycles. The number of esters is 1. The van der Waals surface area contributed by atoms with Gasteiger partial charge < -0.3 is 9.30 Å². The predicted molar refractivity (Wildman–Crippen MR) is 119 cm³/mol. The number of carbonyl (C=O) groups excluding carboxylic acids is 1. The summed E-state index contributed by atoms with van der Waals surface area (Å²) in [6.07, 6.45) is 0.813. The second-order valence-electron chi connectivity index (χ2n) is 6.80. The first-order chi connectivity index (χ1) is 15.6. The van der Waals surface area contributed by atoms with Crippen molar-refractivity contribution >= 4 is 65.7 Å². The fourth-order valence-electron chi connectivity index (χ4n) is 3.28. The Labute approximate surface area is 199 Å². The lowest BCUT2D eigenvalue weighted by atomic mass is 10.1. The molecular formula is C20H12Br2F4N4O3. The van der Waals surface area contributed by atoms with Crippen molar-refractivity contribution in [2.24, 2.45) is 7.05 Å². The van der Waals surface area contributed by atoms with E-state index in [-0.39, 0.29) is 12.6 Å². The summed E-state index contributed by atoms with van der Waals surface area (Å²) in [6, 6.07) is 3.42. The maximum absolute atomic E-state index is 14.7. The molecule has 13 heteroatoms. The fourth-order valence-corrected chi connectivity index (χ4v) is 3.94. The minimum atomic E-state index is -2.18. The molecule has 4 aromatic rings. The topological polar surface area (TPSA) is 78.2 Å². The van der Waals surface area contributed by atoms with Crippen LogP contribution in [0.1, 0.15) is 17.3 Å². The van der Waals surface area contributed by atoms with Gasteiger partial charge in [-0.1, -0.05) is 0 Å². The number of nitrogens with one attached hydrogen (secondary N) is 1. The highest BCUT2D eigenvalue weighted by atomic mass is 79.9. The minimum absolute atomic E-state index is 0.0549. The van der Waals surface area contributed by atoms with Crippen molar-refractivity contribution in [1.82, 2.24) is 14.2 Å². The summed E-state index contributed by atoms with van der Waals surface area (Å²) in [5, 5.41) is -1.16. The molecule has 0 aliphatic heterocycles. The molecule has 4 rings (SSSR count). The predicted octanol–water partition coefficient (Wildman–Crippen LogP) is 5.02. The van der Waals surface area contributed by atoms with Gasteiger partial charge in [-0.15, -0.1) is 0 Å². The Morgan fingerprint density at radius 3 is 2.39 bits per heavy atom. The Morgan fingerprint density at radius 2 is 1.73 bits per heavy atom. The molecule has 0 fully saturated rings. The van der Waals surface area contributed by atoms with Gasteiger partial charge in [0.25, 0.3) is 0 Å². The highest BCUT2D eigenvalue weighted by Gasteiger charge is 2.28. The summed E-state index contributed by atoms with van der Waals surface area (Å²) in [5.74, 6) is -9.15. The van der Waals surface area contributed by atoms with E-state index < -0.39 is 51.1 Å². The van der Waals surface area contributed by atoms with Crippen LogP contribution in [0.2, 0.25) is 0 Å². The third kappa shape index (κ3) is 3.68. The molecule has 2 aromatic heterocycles. The van der Waals surface area contributed by atoms with Crippen LogP contribution in [0.15, 0.2) is 32.1 Å². The number of nitrogens with zero attached hydrogens (tertiary/aromatic N) is 3. The molecule has 0 unspecified atom stereocenters. The van der Waals surface area contributed by atoms with Crippen LogP contribution in [0, 0.1) is 23.3 Å². The van der Waals surface area contributed by atoms with Gasteiger partial charge in [0.15, 0.2) is 23.3 Å². The lowest BCUT2D eigenvalue weighted by molar-refractivity contribution is 0.0524. The van der Waals surface area contributed by atoms with Crippen molar-refractivity contribution < 1.29 is 27.1 Å². The average Bonchev–Trinajstić information content (AvgIpc) is 3.06. The van der Waals surface area contributed by atoms with Crippen LogP contribution >= 0.6 is 31.9 Å². The molecule has 0 amide bonds. The van der Waals surface area contributed by atoms with Gasteiger partial charge in [0, 0.05) is 22.2 Å². The van der Waals surface area contributed by atoms with E-state index >= 15 is 0 Å². The Hall–Kier alpha value is -2.93. The van der Waals surface area contributed by atoms with E-state index in [1.54, 1.807) is 19.2 Å². The normalized spacial score (nSPS) is 11.4. The van der Waals surface area contributed by atoms with Crippen molar-refractivity contribution in [3.8, 4) is 0 Å². The van der Waals surface area contributed by atoms with Crippen LogP contribution < -0.4 is 10.9 Å². The molecule has 2 heterocycles. The summed E-state index contributed by atoms with van der Waals surface area (Å²) in [6.45, 7) is 1.35.